The summed E-state index contributed by atoms with van der Waals surface area (Å²) < 4.78 is 26.0. The Balaban J connectivity index is 2.72. The second-order valence-corrected chi connectivity index (χ2v) is 6.88. The molecule has 0 bridgehead atoms. The second-order valence-electron chi connectivity index (χ2n) is 5.04. The summed E-state index contributed by atoms with van der Waals surface area (Å²) in [4.78, 5) is 2.16. The van der Waals surface area contributed by atoms with Gasteiger partial charge in [0, 0.05) is 13.1 Å². The first kappa shape index (κ1) is 17.7. The highest BCUT2D eigenvalue weighted by atomic mass is 32.2. The first-order valence-electron chi connectivity index (χ1n) is 7.61. The maximum absolute atomic E-state index is 11.8. The number of aromatic nitrogens is 2. The van der Waals surface area contributed by atoms with Crippen LogP contribution in [-0.2, 0) is 10.0 Å². The largest absolute Gasteiger partial charge is 0.355 e. The Hall–Kier alpha value is -1.37. The third kappa shape index (κ3) is 6.29. The maximum atomic E-state index is 11.8. The van der Waals surface area contributed by atoms with Crippen LogP contribution in [0, 0.1) is 0 Å². The van der Waals surface area contributed by atoms with Crippen molar-refractivity contribution in [3.8, 4) is 0 Å². The minimum atomic E-state index is -3.32. The zero-order valence-electron chi connectivity index (χ0n) is 13.2. The molecule has 0 saturated carbocycles. The van der Waals surface area contributed by atoms with Crippen molar-refractivity contribution in [3.05, 3.63) is 12.1 Å². The van der Waals surface area contributed by atoms with Gasteiger partial charge in [-0.25, -0.2) is 8.42 Å². The summed E-state index contributed by atoms with van der Waals surface area (Å²) in [5, 5.41) is 8.11. The number of nitrogens with zero attached hydrogens (tertiary/aromatic N) is 3. The van der Waals surface area contributed by atoms with Gasteiger partial charge >= 0.3 is 0 Å². The van der Waals surface area contributed by atoms with Crippen molar-refractivity contribution in [1.29, 1.82) is 0 Å². The van der Waals surface area contributed by atoms with E-state index in [-0.39, 0.29) is 11.6 Å². The molecule has 0 atom stereocenters. The average Bonchev–Trinajstić information content (AvgIpc) is 2.45. The number of sulfonamides is 1. The molecule has 0 saturated heterocycles. The standard InChI is InChI=1S/C14H26N4O2S/c1-4-7-12-21(19,20)17-13-8-9-14(16-15-13)18(10-5-2)11-6-3/h8-9H,4-7,10-12H2,1-3H3,(H,15,17). The van der Waals surface area contributed by atoms with E-state index in [0.717, 1.165) is 38.2 Å². The van der Waals surface area contributed by atoms with Gasteiger partial charge in [-0.05, 0) is 31.4 Å². The SMILES string of the molecule is CCCCS(=O)(=O)Nc1ccc(N(CCC)CCC)nn1. The summed E-state index contributed by atoms with van der Waals surface area (Å²) in [5.41, 5.74) is 0. The van der Waals surface area contributed by atoms with Crippen molar-refractivity contribution in [3.63, 3.8) is 0 Å². The van der Waals surface area contributed by atoms with Crippen LogP contribution < -0.4 is 9.62 Å². The molecule has 0 aliphatic rings. The second kappa shape index (κ2) is 8.81. The van der Waals surface area contributed by atoms with Gasteiger partial charge in [0.2, 0.25) is 10.0 Å². The van der Waals surface area contributed by atoms with E-state index in [1.165, 1.54) is 0 Å². The van der Waals surface area contributed by atoms with Crippen molar-refractivity contribution < 1.29 is 8.42 Å². The summed E-state index contributed by atoms with van der Waals surface area (Å²) in [7, 11) is -3.32. The predicted octanol–water partition coefficient (Wildman–Crippen LogP) is 2.64. The van der Waals surface area contributed by atoms with Gasteiger partial charge in [0.05, 0.1) is 5.75 Å². The smallest absolute Gasteiger partial charge is 0.233 e. The lowest BCUT2D eigenvalue weighted by Gasteiger charge is -2.21. The van der Waals surface area contributed by atoms with E-state index in [9.17, 15) is 8.42 Å². The van der Waals surface area contributed by atoms with E-state index in [0.29, 0.717) is 6.42 Å². The molecule has 7 heteroatoms. The lowest BCUT2D eigenvalue weighted by atomic mass is 10.3. The molecule has 1 N–H and O–H groups in total. The Morgan fingerprint density at radius 2 is 1.71 bits per heavy atom. The van der Waals surface area contributed by atoms with E-state index >= 15 is 0 Å². The zero-order chi connectivity index (χ0) is 15.7. The van der Waals surface area contributed by atoms with Crippen molar-refractivity contribution in [2.45, 2.75) is 46.5 Å². The van der Waals surface area contributed by atoms with Crippen molar-refractivity contribution >= 4 is 21.7 Å². The highest BCUT2D eigenvalue weighted by Crippen LogP contribution is 2.13. The molecule has 1 rings (SSSR count). The third-order valence-corrected chi connectivity index (χ3v) is 4.33. The number of hydrogen-bond acceptors (Lipinski definition) is 5. The normalized spacial score (nSPS) is 11.4. The predicted molar refractivity (Wildman–Crippen MR) is 87.1 cm³/mol. The molecule has 6 nitrogen and oxygen atoms in total. The first-order chi connectivity index (χ1) is 10.0. The highest BCUT2D eigenvalue weighted by Gasteiger charge is 2.12. The van der Waals surface area contributed by atoms with Crippen LogP contribution in [-0.4, -0.2) is 37.5 Å². The van der Waals surface area contributed by atoms with Crippen LogP contribution in [0.15, 0.2) is 12.1 Å². The molecular weight excluding hydrogens is 288 g/mol. The molecule has 0 aliphatic heterocycles. The third-order valence-electron chi connectivity index (χ3n) is 2.99. The zero-order valence-corrected chi connectivity index (χ0v) is 14.0. The van der Waals surface area contributed by atoms with Gasteiger partial charge in [-0.2, -0.15) is 0 Å². The van der Waals surface area contributed by atoms with Crippen molar-refractivity contribution in [2.75, 3.05) is 28.5 Å². The fraction of sp³-hybridized carbons (Fsp3) is 0.714. The summed E-state index contributed by atoms with van der Waals surface area (Å²) in [6.07, 6.45) is 3.55. The van der Waals surface area contributed by atoms with Crippen LogP contribution >= 0.6 is 0 Å². The molecule has 1 aromatic rings. The molecule has 21 heavy (non-hydrogen) atoms. The highest BCUT2D eigenvalue weighted by molar-refractivity contribution is 7.92. The number of nitrogens with one attached hydrogen (secondary N) is 1. The molecule has 0 fully saturated rings. The van der Waals surface area contributed by atoms with Crippen LogP contribution in [0.5, 0.6) is 0 Å². The summed E-state index contributed by atoms with van der Waals surface area (Å²) in [6, 6.07) is 3.49. The fourth-order valence-corrected chi connectivity index (χ4v) is 3.17. The van der Waals surface area contributed by atoms with Gasteiger partial charge < -0.3 is 4.90 Å². The quantitative estimate of drug-likeness (QED) is 0.718. The lowest BCUT2D eigenvalue weighted by Crippen LogP contribution is -2.26. The average molecular weight is 314 g/mol. The fourth-order valence-electron chi connectivity index (χ4n) is 1.97. The van der Waals surface area contributed by atoms with Crippen molar-refractivity contribution in [1.82, 2.24) is 10.2 Å². The first-order valence-corrected chi connectivity index (χ1v) is 9.26. The summed E-state index contributed by atoms with van der Waals surface area (Å²) in [6.45, 7) is 8.03. The molecule has 0 spiro atoms. The van der Waals surface area contributed by atoms with Crippen molar-refractivity contribution in [2.24, 2.45) is 0 Å². The van der Waals surface area contributed by atoms with Crippen LogP contribution in [0.3, 0.4) is 0 Å². The molecular formula is C14H26N4O2S. The van der Waals surface area contributed by atoms with Crippen LogP contribution in [0.25, 0.3) is 0 Å². The molecule has 120 valence electrons. The molecule has 0 aromatic carbocycles. The minimum Gasteiger partial charge on any atom is -0.355 e. The molecule has 0 amide bonds. The maximum Gasteiger partial charge on any atom is 0.233 e. The topological polar surface area (TPSA) is 75.2 Å². The summed E-state index contributed by atoms with van der Waals surface area (Å²) >= 11 is 0. The van der Waals surface area contributed by atoms with E-state index in [2.05, 4.69) is 33.7 Å². The Bertz CT molecular complexity index is 496. The van der Waals surface area contributed by atoms with Gasteiger partial charge in [0.25, 0.3) is 0 Å². The van der Waals surface area contributed by atoms with Gasteiger partial charge in [0.15, 0.2) is 11.6 Å². The summed E-state index contributed by atoms with van der Waals surface area (Å²) in [5.74, 6) is 1.18. The van der Waals surface area contributed by atoms with E-state index in [1.807, 2.05) is 13.0 Å². The molecule has 1 heterocycles. The van der Waals surface area contributed by atoms with Gasteiger partial charge in [-0.15, -0.1) is 10.2 Å². The van der Waals surface area contributed by atoms with Crippen LogP contribution in [0.2, 0.25) is 0 Å². The van der Waals surface area contributed by atoms with Crippen LogP contribution in [0.4, 0.5) is 11.6 Å². The molecule has 1 aromatic heterocycles. The van der Waals surface area contributed by atoms with E-state index < -0.39 is 10.0 Å². The number of hydrogen-bond donors (Lipinski definition) is 1. The Morgan fingerprint density at radius 1 is 1.05 bits per heavy atom. The van der Waals surface area contributed by atoms with Gasteiger partial charge in [0.1, 0.15) is 0 Å². The minimum absolute atomic E-state index is 0.116. The number of anilines is 2. The Morgan fingerprint density at radius 3 is 2.19 bits per heavy atom. The Kier molecular flexibility index (Phi) is 7.42. The van der Waals surface area contributed by atoms with Gasteiger partial charge in [-0.1, -0.05) is 27.2 Å². The Labute approximate surface area is 128 Å². The van der Waals surface area contributed by atoms with E-state index in [1.54, 1.807) is 6.07 Å². The molecule has 0 radical (unpaired) electrons. The number of rotatable bonds is 10. The lowest BCUT2D eigenvalue weighted by molar-refractivity contribution is 0.597. The van der Waals surface area contributed by atoms with E-state index in [4.69, 9.17) is 0 Å². The van der Waals surface area contributed by atoms with Crippen LogP contribution in [0.1, 0.15) is 46.5 Å². The van der Waals surface area contributed by atoms with Gasteiger partial charge in [-0.3, -0.25) is 4.72 Å². The number of unbranched alkanes of at least 4 members (excludes halogenated alkanes) is 1. The molecule has 0 aliphatic carbocycles. The monoisotopic (exact) mass is 314 g/mol. The molecule has 0 unspecified atom stereocenters.